The molecule has 1 amide bonds. The molecule has 0 aliphatic heterocycles. The van der Waals surface area contributed by atoms with Gasteiger partial charge in [0.05, 0.1) is 22.2 Å². The minimum Gasteiger partial charge on any atom is -0.324 e. The van der Waals surface area contributed by atoms with Gasteiger partial charge in [-0.15, -0.1) is 12.4 Å². The average Bonchev–Trinajstić information content (AvgIpc) is 2.79. The van der Waals surface area contributed by atoms with Crippen molar-refractivity contribution in [3.63, 3.8) is 0 Å². The molecule has 7 nitrogen and oxygen atoms in total. The molecule has 32 heavy (non-hydrogen) atoms. The molecule has 166 valence electrons. The number of benzene rings is 3. The number of nitriles is 1. The molecular formula is C23H23ClN4O3S. The molecule has 0 aromatic heterocycles. The third-order valence-corrected chi connectivity index (χ3v) is 6.59. The molecular weight excluding hydrogens is 448 g/mol. The van der Waals surface area contributed by atoms with Crippen molar-refractivity contribution in [2.75, 3.05) is 16.7 Å². The monoisotopic (exact) mass is 470 g/mol. The zero-order valence-corrected chi connectivity index (χ0v) is 19.2. The summed E-state index contributed by atoms with van der Waals surface area (Å²) in [4.78, 5) is 12.6. The summed E-state index contributed by atoms with van der Waals surface area (Å²) in [5.41, 5.74) is 8.41. The molecule has 3 aromatic carbocycles. The van der Waals surface area contributed by atoms with Crippen molar-refractivity contribution in [2.45, 2.75) is 17.9 Å². The van der Waals surface area contributed by atoms with E-state index in [9.17, 15) is 13.2 Å². The molecule has 3 N–H and O–H groups in total. The molecule has 0 radical (unpaired) electrons. The van der Waals surface area contributed by atoms with E-state index < -0.39 is 15.9 Å². The molecule has 0 saturated carbocycles. The number of carbonyl (C=O) groups is 1. The summed E-state index contributed by atoms with van der Waals surface area (Å²) in [6.45, 7) is 1.85. The Morgan fingerprint density at radius 2 is 1.69 bits per heavy atom. The third kappa shape index (κ3) is 5.45. The Labute approximate surface area is 193 Å². The lowest BCUT2D eigenvalue weighted by Gasteiger charge is -2.20. The van der Waals surface area contributed by atoms with Crippen LogP contribution in [-0.2, 0) is 10.0 Å². The highest BCUT2D eigenvalue weighted by Crippen LogP contribution is 2.24. The Kier molecular flexibility index (Phi) is 8.00. The van der Waals surface area contributed by atoms with Crippen LogP contribution in [0.5, 0.6) is 0 Å². The van der Waals surface area contributed by atoms with E-state index >= 15 is 0 Å². The summed E-state index contributed by atoms with van der Waals surface area (Å²) in [7, 11) is -2.42. The fourth-order valence-electron chi connectivity index (χ4n) is 2.91. The Morgan fingerprint density at radius 1 is 1.06 bits per heavy atom. The number of sulfonamides is 1. The highest BCUT2D eigenvalue weighted by Gasteiger charge is 2.22. The van der Waals surface area contributed by atoms with Crippen molar-refractivity contribution >= 4 is 39.7 Å². The maximum atomic E-state index is 13.1. The predicted octanol–water partition coefficient (Wildman–Crippen LogP) is 4.08. The number of amides is 1. The first-order valence-electron chi connectivity index (χ1n) is 9.48. The van der Waals surface area contributed by atoms with E-state index in [1.54, 1.807) is 48.5 Å². The largest absolute Gasteiger partial charge is 0.324 e. The zero-order valence-electron chi connectivity index (χ0n) is 17.5. The first-order chi connectivity index (χ1) is 14.7. The summed E-state index contributed by atoms with van der Waals surface area (Å²) >= 11 is 0. The van der Waals surface area contributed by atoms with Gasteiger partial charge in [0.25, 0.3) is 15.9 Å². The predicted molar refractivity (Wildman–Crippen MR) is 127 cm³/mol. The van der Waals surface area contributed by atoms with Crippen molar-refractivity contribution in [3.8, 4) is 6.07 Å². The topological polar surface area (TPSA) is 116 Å². The van der Waals surface area contributed by atoms with Crippen LogP contribution in [0.25, 0.3) is 0 Å². The molecule has 9 heteroatoms. The molecule has 1 atom stereocenters. The van der Waals surface area contributed by atoms with Crippen molar-refractivity contribution in [1.29, 1.82) is 5.26 Å². The molecule has 0 aliphatic carbocycles. The lowest BCUT2D eigenvalue weighted by atomic mass is 10.1. The van der Waals surface area contributed by atoms with Crippen molar-refractivity contribution in [1.82, 2.24) is 0 Å². The average molecular weight is 471 g/mol. The molecule has 3 aromatic rings. The zero-order chi connectivity index (χ0) is 22.6. The number of carbonyl (C=O) groups excluding carboxylic acids is 1. The van der Waals surface area contributed by atoms with Crippen molar-refractivity contribution in [2.24, 2.45) is 5.73 Å². The first-order valence-corrected chi connectivity index (χ1v) is 10.9. The molecule has 0 bridgehead atoms. The van der Waals surface area contributed by atoms with Crippen LogP contribution >= 0.6 is 12.4 Å². The molecule has 0 fully saturated rings. The van der Waals surface area contributed by atoms with Crippen LogP contribution in [0.15, 0.2) is 77.7 Å². The summed E-state index contributed by atoms with van der Waals surface area (Å²) < 4.78 is 27.4. The van der Waals surface area contributed by atoms with E-state index in [1.807, 2.05) is 13.0 Å². The number of hydrogen-bond acceptors (Lipinski definition) is 5. The van der Waals surface area contributed by atoms with E-state index in [1.165, 1.54) is 31.3 Å². The third-order valence-electron chi connectivity index (χ3n) is 4.81. The van der Waals surface area contributed by atoms with E-state index in [4.69, 9.17) is 11.0 Å². The van der Waals surface area contributed by atoms with Crippen LogP contribution < -0.4 is 15.4 Å². The molecule has 0 saturated heterocycles. The summed E-state index contributed by atoms with van der Waals surface area (Å²) in [6, 6.07) is 21.0. The van der Waals surface area contributed by atoms with Crippen molar-refractivity contribution in [3.05, 3.63) is 89.5 Å². The van der Waals surface area contributed by atoms with E-state index in [2.05, 4.69) is 5.32 Å². The SMILES string of the molecule is CC(N)c1ccc(N(C)S(=O)(=O)c2cccc(C(=O)Nc3ccc(C#N)cc3)c2)cc1.Cl. The number of hydrogen-bond donors (Lipinski definition) is 2. The Morgan fingerprint density at radius 3 is 2.25 bits per heavy atom. The van der Waals surface area contributed by atoms with Gasteiger partial charge in [0, 0.05) is 24.3 Å². The quantitative estimate of drug-likeness (QED) is 0.563. The molecule has 3 rings (SSSR count). The van der Waals surface area contributed by atoms with Crippen molar-refractivity contribution < 1.29 is 13.2 Å². The maximum Gasteiger partial charge on any atom is 0.264 e. The normalized spacial score (nSPS) is 11.6. The van der Waals surface area contributed by atoms with E-state index in [0.717, 1.165) is 9.87 Å². The van der Waals surface area contributed by atoms with E-state index in [0.29, 0.717) is 16.9 Å². The van der Waals surface area contributed by atoms with Crippen LogP contribution in [-0.4, -0.2) is 21.4 Å². The van der Waals surface area contributed by atoms with Gasteiger partial charge in [0.15, 0.2) is 0 Å². The van der Waals surface area contributed by atoms with Gasteiger partial charge in [-0.1, -0.05) is 18.2 Å². The smallest absolute Gasteiger partial charge is 0.264 e. The van der Waals surface area contributed by atoms with E-state index in [-0.39, 0.29) is 28.9 Å². The maximum absolute atomic E-state index is 13.1. The lowest BCUT2D eigenvalue weighted by Crippen LogP contribution is -2.27. The highest BCUT2D eigenvalue weighted by molar-refractivity contribution is 7.92. The number of nitrogens with two attached hydrogens (primary N) is 1. The molecule has 0 heterocycles. The summed E-state index contributed by atoms with van der Waals surface area (Å²) in [5.74, 6) is -0.453. The van der Waals surface area contributed by atoms with Gasteiger partial charge in [-0.05, 0) is 67.1 Å². The minimum absolute atomic E-state index is 0. The van der Waals surface area contributed by atoms with Crippen LogP contribution in [0.2, 0.25) is 0 Å². The lowest BCUT2D eigenvalue weighted by molar-refractivity contribution is 0.102. The standard InChI is InChI=1S/C23H22N4O3S.ClH/c1-16(25)18-8-12-21(13-9-18)27(2)31(29,30)22-5-3-4-19(14-22)23(28)26-20-10-6-17(15-24)7-11-20;/h3-14,16H,25H2,1-2H3,(H,26,28);1H. The second-order valence-corrected chi connectivity index (χ2v) is 8.99. The number of rotatable bonds is 6. The summed E-state index contributed by atoms with van der Waals surface area (Å²) in [6.07, 6.45) is 0. The fraction of sp³-hybridized carbons (Fsp3) is 0.130. The number of halogens is 1. The summed E-state index contributed by atoms with van der Waals surface area (Å²) in [5, 5.41) is 11.6. The van der Waals surface area contributed by atoms with Gasteiger partial charge in [0.1, 0.15) is 0 Å². The van der Waals surface area contributed by atoms with Gasteiger partial charge in [0.2, 0.25) is 0 Å². The van der Waals surface area contributed by atoms with Crippen LogP contribution in [0.1, 0.15) is 34.5 Å². The Hall–Kier alpha value is -3.38. The van der Waals surface area contributed by atoms with Crippen LogP contribution in [0.4, 0.5) is 11.4 Å². The molecule has 1 unspecified atom stereocenters. The van der Waals surface area contributed by atoms with Gasteiger partial charge >= 0.3 is 0 Å². The number of nitrogens with zero attached hydrogens (tertiary/aromatic N) is 2. The van der Waals surface area contributed by atoms with Gasteiger partial charge in [-0.2, -0.15) is 5.26 Å². The van der Waals surface area contributed by atoms with Gasteiger partial charge in [-0.25, -0.2) is 8.42 Å². The second-order valence-electron chi connectivity index (χ2n) is 7.02. The highest BCUT2D eigenvalue weighted by atomic mass is 35.5. The second kappa shape index (κ2) is 10.3. The fourth-order valence-corrected chi connectivity index (χ4v) is 4.16. The Bertz CT molecular complexity index is 1240. The van der Waals surface area contributed by atoms with Gasteiger partial charge in [-0.3, -0.25) is 9.10 Å². The van der Waals surface area contributed by atoms with Crippen LogP contribution in [0.3, 0.4) is 0 Å². The van der Waals surface area contributed by atoms with Gasteiger partial charge < -0.3 is 11.1 Å². The van der Waals surface area contributed by atoms with Crippen LogP contribution in [0, 0.1) is 11.3 Å². The first kappa shape index (κ1) is 24.9. The molecule has 0 spiro atoms. The number of anilines is 2. The Balaban J connectivity index is 0.00000363. The molecule has 0 aliphatic rings. The minimum atomic E-state index is -3.88. The number of nitrogens with one attached hydrogen (secondary N) is 1.